The normalized spacial score (nSPS) is 15.3. The molecular formula is C19H28N5O2+. The summed E-state index contributed by atoms with van der Waals surface area (Å²) in [5.74, 6) is 0.589. The summed E-state index contributed by atoms with van der Waals surface area (Å²) in [6, 6.07) is 9.57. The van der Waals surface area contributed by atoms with E-state index in [9.17, 15) is 4.79 Å². The molecular weight excluding hydrogens is 330 g/mol. The van der Waals surface area contributed by atoms with E-state index in [1.165, 1.54) is 12.8 Å². The zero-order chi connectivity index (χ0) is 18.2. The van der Waals surface area contributed by atoms with Crippen LogP contribution in [0.25, 0.3) is 0 Å². The van der Waals surface area contributed by atoms with Crippen molar-refractivity contribution in [3.8, 4) is 0 Å². The van der Waals surface area contributed by atoms with Crippen LogP contribution in [-0.2, 0) is 0 Å². The van der Waals surface area contributed by atoms with Crippen LogP contribution < -0.4 is 15.5 Å². The summed E-state index contributed by atoms with van der Waals surface area (Å²) in [5, 5.41) is 6.02. The van der Waals surface area contributed by atoms with Crippen LogP contribution in [0.3, 0.4) is 0 Å². The van der Waals surface area contributed by atoms with E-state index < -0.39 is 0 Å². The highest BCUT2D eigenvalue weighted by Gasteiger charge is 2.24. The highest BCUT2D eigenvalue weighted by Crippen LogP contribution is 2.10. The number of nitrogen functional groups attached to an aromatic ring is 1. The molecule has 1 aromatic carbocycles. The minimum absolute atomic E-state index is 0.257. The molecule has 1 aromatic heterocycles. The molecule has 140 valence electrons. The summed E-state index contributed by atoms with van der Waals surface area (Å²) in [5.41, 5.74) is 6.39. The van der Waals surface area contributed by atoms with Gasteiger partial charge in [-0.2, -0.15) is 5.01 Å². The summed E-state index contributed by atoms with van der Waals surface area (Å²) in [6.45, 7) is 5.00. The van der Waals surface area contributed by atoms with Gasteiger partial charge in [0.15, 0.2) is 5.78 Å². The SMILES string of the molecule is Nc1c[n+](N2CCN(CCCCCCC(=O)c3ccccc3)CC2)no1. The van der Waals surface area contributed by atoms with Gasteiger partial charge in [-0.1, -0.05) is 43.2 Å². The maximum Gasteiger partial charge on any atom is 0.296 e. The number of hydrogen-bond donors (Lipinski definition) is 1. The van der Waals surface area contributed by atoms with Gasteiger partial charge in [0, 0.05) is 25.1 Å². The molecule has 0 amide bonds. The molecule has 0 aliphatic carbocycles. The van der Waals surface area contributed by atoms with Gasteiger partial charge in [-0.05, 0) is 19.4 Å². The van der Waals surface area contributed by atoms with Gasteiger partial charge >= 0.3 is 0 Å². The highest BCUT2D eigenvalue weighted by molar-refractivity contribution is 5.95. The maximum atomic E-state index is 12.0. The van der Waals surface area contributed by atoms with Crippen molar-refractivity contribution < 1.29 is 14.1 Å². The van der Waals surface area contributed by atoms with Gasteiger partial charge < -0.3 is 5.73 Å². The second-order valence-electron chi connectivity index (χ2n) is 6.77. The Morgan fingerprint density at radius 1 is 1.08 bits per heavy atom. The minimum atomic E-state index is 0.257. The average Bonchev–Trinajstić information content (AvgIpc) is 3.12. The summed E-state index contributed by atoms with van der Waals surface area (Å²) in [4.78, 5) is 16.2. The number of hydrogen-bond acceptors (Lipinski definition) is 6. The first-order valence-electron chi connectivity index (χ1n) is 9.42. The lowest BCUT2D eigenvalue weighted by Gasteiger charge is -2.29. The van der Waals surface area contributed by atoms with Crippen molar-refractivity contribution in [3.05, 3.63) is 42.1 Å². The molecule has 0 saturated carbocycles. The van der Waals surface area contributed by atoms with Crippen molar-refractivity contribution in [2.24, 2.45) is 0 Å². The number of piperazine rings is 1. The third kappa shape index (κ3) is 5.29. The van der Waals surface area contributed by atoms with E-state index in [0.717, 1.165) is 51.1 Å². The first kappa shape index (κ1) is 18.4. The number of aromatic nitrogens is 2. The molecule has 0 atom stereocenters. The third-order valence-electron chi connectivity index (χ3n) is 4.84. The molecule has 1 aliphatic heterocycles. The molecule has 7 heteroatoms. The molecule has 0 bridgehead atoms. The van der Waals surface area contributed by atoms with Crippen molar-refractivity contribution in [1.29, 1.82) is 0 Å². The molecule has 2 heterocycles. The molecule has 1 saturated heterocycles. The quantitative estimate of drug-likeness (QED) is 0.417. The molecule has 7 nitrogen and oxygen atoms in total. The minimum Gasteiger partial charge on any atom is -0.362 e. The van der Waals surface area contributed by atoms with Crippen molar-refractivity contribution in [1.82, 2.24) is 10.2 Å². The molecule has 1 fully saturated rings. The van der Waals surface area contributed by atoms with Crippen LogP contribution >= 0.6 is 0 Å². The van der Waals surface area contributed by atoms with Gasteiger partial charge in [-0.3, -0.25) is 14.2 Å². The third-order valence-corrected chi connectivity index (χ3v) is 4.84. The Balaban J connectivity index is 1.24. The lowest BCUT2D eigenvalue weighted by Crippen LogP contribution is -2.65. The molecule has 1 aliphatic rings. The van der Waals surface area contributed by atoms with Crippen molar-refractivity contribution >= 4 is 11.7 Å². The number of nitrogens with two attached hydrogens (primary N) is 1. The van der Waals surface area contributed by atoms with Crippen LogP contribution in [-0.4, -0.2) is 48.7 Å². The van der Waals surface area contributed by atoms with Gasteiger partial charge in [-0.25, -0.2) is 0 Å². The zero-order valence-electron chi connectivity index (χ0n) is 15.2. The number of unbranched alkanes of at least 4 members (excludes halogenated alkanes) is 3. The average molecular weight is 358 g/mol. The second-order valence-corrected chi connectivity index (χ2v) is 6.77. The Labute approximate surface area is 154 Å². The number of ketones is 1. The van der Waals surface area contributed by atoms with E-state index in [4.69, 9.17) is 10.3 Å². The number of Topliss-reactive ketones (excluding diaryl/α,β-unsaturated/α-hetero) is 1. The topological polar surface area (TPSA) is 79.5 Å². The molecule has 26 heavy (non-hydrogen) atoms. The van der Waals surface area contributed by atoms with E-state index in [-0.39, 0.29) is 5.78 Å². The molecule has 0 spiro atoms. The molecule has 0 unspecified atom stereocenters. The number of anilines is 1. The maximum absolute atomic E-state index is 12.0. The van der Waals surface area contributed by atoms with E-state index in [1.54, 1.807) is 11.0 Å². The van der Waals surface area contributed by atoms with Crippen LogP contribution in [0.15, 0.2) is 41.1 Å². The lowest BCUT2D eigenvalue weighted by atomic mass is 10.0. The second kappa shape index (κ2) is 9.33. The van der Waals surface area contributed by atoms with Gasteiger partial charge in [0.1, 0.15) is 0 Å². The van der Waals surface area contributed by atoms with Gasteiger partial charge in [0.25, 0.3) is 12.1 Å². The molecule has 2 aromatic rings. The van der Waals surface area contributed by atoms with Gasteiger partial charge in [0.2, 0.25) is 5.27 Å². The number of carbonyl (C=O) groups excluding carboxylic acids is 1. The van der Waals surface area contributed by atoms with Crippen LogP contribution in [0.1, 0.15) is 42.5 Å². The Kier molecular flexibility index (Phi) is 6.60. The Morgan fingerprint density at radius 2 is 1.81 bits per heavy atom. The van der Waals surface area contributed by atoms with Crippen LogP contribution in [0, 0.1) is 0 Å². The van der Waals surface area contributed by atoms with Crippen LogP contribution in [0.2, 0.25) is 0 Å². The number of rotatable bonds is 9. The standard InChI is InChI=1S/C19H28N5O2/c20-19-16-24(21-26-19)23-14-12-22(13-15-23)11-7-2-1-6-10-18(25)17-8-4-3-5-9-17/h3-5,8-9,16H,1-2,6-7,10-15,20H2/q+1. The van der Waals surface area contributed by atoms with Gasteiger partial charge in [-0.15, -0.1) is 0 Å². The van der Waals surface area contributed by atoms with E-state index in [1.807, 2.05) is 30.3 Å². The Morgan fingerprint density at radius 3 is 2.50 bits per heavy atom. The fourth-order valence-electron chi connectivity index (χ4n) is 3.29. The molecule has 3 rings (SSSR count). The fourth-order valence-corrected chi connectivity index (χ4v) is 3.29. The van der Waals surface area contributed by atoms with E-state index in [2.05, 4.69) is 15.2 Å². The van der Waals surface area contributed by atoms with E-state index >= 15 is 0 Å². The number of benzene rings is 1. The largest absolute Gasteiger partial charge is 0.362 e. The van der Waals surface area contributed by atoms with E-state index in [0.29, 0.717) is 12.3 Å². The Bertz CT molecular complexity index is 680. The zero-order valence-corrected chi connectivity index (χ0v) is 15.2. The summed E-state index contributed by atoms with van der Waals surface area (Å²) < 4.78 is 4.90. The first-order valence-corrected chi connectivity index (χ1v) is 9.42. The van der Waals surface area contributed by atoms with Gasteiger partial charge in [0.05, 0.1) is 17.9 Å². The monoisotopic (exact) mass is 358 g/mol. The highest BCUT2D eigenvalue weighted by atomic mass is 16.5. The smallest absolute Gasteiger partial charge is 0.296 e. The number of carbonyl (C=O) groups is 1. The van der Waals surface area contributed by atoms with Crippen LogP contribution in [0.5, 0.6) is 0 Å². The first-order chi connectivity index (χ1) is 12.7. The predicted octanol–water partition coefficient (Wildman–Crippen LogP) is 1.63. The fraction of sp³-hybridized carbons (Fsp3) is 0.526. The van der Waals surface area contributed by atoms with Crippen molar-refractivity contribution in [2.45, 2.75) is 32.1 Å². The van der Waals surface area contributed by atoms with Crippen LogP contribution in [0.4, 0.5) is 5.88 Å². The summed E-state index contributed by atoms with van der Waals surface area (Å²) in [7, 11) is 0. The molecule has 0 radical (unpaired) electrons. The summed E-state index contributed by atoms with van der Waals surface area (Å²) in [6.07, 6.45) is 6.81. The summed E-state index contributed by atoms with van der Waals surface area (Å²) >= 11 is 0. The lowest BCUT2D eigenvalue weighted by molar-refractivity contribution is -0.759. The van der Waals surface area contributed by atoms with Crippen molar-refractivity contribution in [2.75, 3.05) is 43.5 Å². The molecule has 2 N–H and O–H groups in total. The Hall–Kier alpha value is -2.41. The van der Waals surface area contributed by atoms with Crippen molar-refractivity contribution in [3.63, 3.8) is 0 Å². The number of nitrogens with zero attached hydrogens (tertiary/aromatic N) is 4. The predicted molar refractivity (Wildman–Crippen MR) is 99.4 cm³/mol.